The van der Waals surface area contributed by atoms with Crippen LogP contribution in [0.5, 0.6) is 0 Å². The Kier molecular flexibility index (Phi) is 5.14. The van der Waals surface area contributed by atoms with Gasteiger partial charge in [0.2, 0.25) is 11.8 Å². The number of aromatic nitrogens is 1. The summed E-state index contributed by atoms with van der Waals surface area (Å²) in [6.45, 7) is 2.81. The highest BCUT2D eigenvalue weighted by atomic mass is 16.5. The van der Waals surface area contributed by atoms with Crippen molar-refractivity contribution in [3.8, 4) is 11.5 Å². The van der Waals surface area contributed by atoms with E-state index in [1.54, 1.807) is 11.8 Å². The molecule has 0 unspecified atom stereocenters. The van der Waals surface area contributed by atoms with Crippen molar-refractivity contribution in [2.45, 2.75) is 25.8 Å². The van der Waals surface area contributed by atoms with Gasteiger partial charge in [-0.15, -0.1) is 0 Å². The lowest BCUT2D eigenvalue weighted by molar-refractivity contribution is -0.145. The number of oxazole rings is 1. The molecule has 132 valence electrons. The quantitative estimate of drug-likeness (QED) is 0.890. The molecule has 0 spiro atoms. The van der Waals surface area contributed by atoms with Crippen molar-refractivity contribution in [1.82, 2.24) is 9.88 Å². The minimum atomic E-state index is -0.947. The summed E-state index contributed by atoms with van der Waals surface area (Å²) >= 11 is 0. The second-order valence-electron chi connectivity index (χ2n) is 5.98. The SMILES string of the molecule is Cc1oc(-c2ccccc2)nc1CC(=O)N1CCOC[C@H]1CC(=O)O. The number of rotatable bonds is 5. The number of aliphatic carboxylic acids is 1. The molecule has 1 aliphatic heterocycles. The molecule has 1 aromatic carbocycles. The van der Waals surface area contributed by atoms with Crippen molar-refractivity contribution >= 4 is 11.9 Å². The van der Waals surface area contributed by atoms with Gasteiger partial charge in [0, 0.05) is 12.1 Å². The van der Waals surface area contributed by atoms with Crippen LogP contribution in [-0.2, 0) is 20.7 Å². The monoisotopic (exact) mass is 344 g/mol. The standard InChI is InChI=1S/C18H20N2O5/c1-12-15(19-18(25-12)13-5-3-2-4-6-13)10-16(21)20-7-8-24-11-14(20)9-17(22)23/h2-6,14H,7-11H2,1H3,(H,22,23)/t14-/m1/s1. The third kappa shape index (κ3) is 4.06. The first-order valence-corrected chi connectivity index (χ1v) is 8.15. The first kappa shape index (κ1) is 17.2. The second-order valence-corrected chi connectivity index (χ2v) is 5.98. The van der Waals surface area contributed by atoms with E-state index in [0.29, 0.717) is 30.5 Å². The molecule has 7 heteroatoms. The van der Waals surface area contributed by atoms with E-state index in [0.717, 1.165) is 5.56 Å². The maximum absolute atomic E-state index is 12.7. The Bertz CT molecular complexity index is 756. The number of carbonyl (C=O) groups excluding carboxylic acids is 1. The number of carbonyl (C=O) groups is 2. The molecule has 1 aromatic heterocycles. The van der Waals surface area contributed by atoms with Crippen molar-refractivity contribution in [2.24, 2.45) is 0 Å². The summed E-state index contributed by atoms with van der Waals surface area (Å²) in [6, 6.07) is 9.03. The van der Waals surface area contributed by atoms with E-state index in [1.165, 1.54) is 0 Å². The van der Waals surface area contributed by atoms with E-state index in [-0.39, 0.29) is 25.4 Å². The van der Waals surface area contributed by atoms with E-state index in [9.17, 15) is 9.59 Å². The lowest BCUT2D eigenvalue weighted by Crippen LogP contribution is -2.50. The zero-order valence-corrected chi connectivity index (χ0v) is 14.0. The zero-order chi connectivity index (χ0) is 17.8. The summed E-state index contributed by atoms with van der Waals surface area (Å²) in [5.41, 5.74) is 1.42. The number of aryl methyl sites for hydroxylation is 1. The molecule has 1 saturated heterocycles. The average molecular weight is 344 g/mol. The topological polar surface area (TPSA) is 92.9 Å². The van der Waals surface area contributed by atoms with Gasteiger partial charge in [0.25, 0.3) is 0 Å². The Morgan fingerprint density at radius 1 is 1.32 bits per heavy atom. The van der Waals surface area contributed by atoms with Gasteiger partial charge in [-0.2, -0.15) is 0 Å². The Morgan fingerprint density at radius 3 is 2.80 bits per heavy atom. The Balaban J connectivity index is 1.74. The number of benzene rings is 1. The van der Waals surface area contributed by atoms with Gasteiger partial charge in [0.15, 0.2) is 0 Å². The average Bonchev–Trinajstić information content (AvgIpc) is 2.96. The largest absolute Gasteiger partial charge is 0.481 e. The van der Waals surface area contributed by atoms with E-state index < -0.39 is 12.0 Å². The third-order valence-electron chi connectivity index (χ3n) is 4.19. The predicted octanol–water partition coefficient (Wildman–Crippen LogP) is 1.89. The summed E-state index contributed by atoms with van der Waals surface area (Å²) in [6.07, 6.45) is -0.0446. The van der Waals surface area contributed by atoms with Crippen molar-refractivity contribution in [2.75, 3.05) is 19.8 Å². The van der Waals surface area contributed by atoms with E-state index in [1.807, 2.05) is 30.3 Å². The lowest BCUT2D eigenvalue weighted by Gasteiger charge is -2.34. The Hall–Kier alpha value is -2.67. The number of hydrogen-bond acceptors (Lipinski definition) is 5. The van der Waals surface area contributed by atoms with Crippen LogP contribution in [0.3, 0.4) is 0 Å². The van der Waals surface area contributed by atoms with Crippen LogP contribution >= 0.6 is 0 Å². The molecule has 1 amide bonds. The first-order chi connectivity index (χ1) is 12.0. The molecule has 1 fully saturated rings. The maximum Gasteiger partial charge on any atom is 0.305 e. The normalized spacial score (nSPS) is 17.5. The molecular weight excluding hydrogens is 324 g/mol. The minimum absolute atomic E-state index is 0.0816. The molecule has 0 bridgehead atoms. The highest BCUT2D eigenvalue weighted by Gasteiger charge is 2.30. The van der Waals surface area contributed by atoms with Gasteiger partial charge in [-0.05, 0) is 19.1 Å². The number of amides is 1. The molecule has 1 aliphatic rings. The molecule has 1 N–H and O–H groups in total. The van der Waals surface area contributed by atoms with Gasteiger partial charge in [0.1, 0.15) is 5.76 Å². The minimum Gasteiger partial charge on any atom is -0.481 e. The fourth-order valence-corrected chi connectivity index (χ4v) is 2.89. The lowest BCUT2D eigenvalue weighted by atomic mass is 10.1. The molecule has 25 heavy (non-hydrogen) atoms. The van der Waals surface area contributed by atoms with E-state index in [2.05, 4.69) is 4.98 Å². The van der Waals surface area contributed by atoms with E-state index in [4.69, 9.17) is 14.3 Å². The van der Waals surface area contributed by atoms with Crippen LogP contribution in [0, 0.1) is 6.92 Å². The molecule has 7 nitrogen and oxygen atoms in total. The number of ether oxygens (including phenoxy) is 1. The predicted molar refractivity (Wildman–Crippen MR) is 89.0 cm³/mol. The van der Waals surface area contributed by atoms with Crippen LogP contribution < -0.4 is 0 Å². The molecule has 0 aliphatic carbocycles. The van der Waals surface area contributed by atoms with Crippen LogP contribution in [0.4, 0.5) is 0 Å². The highest BCUT2D eigenvalue weighted by Crippen LogP contribution is 2.22. The molecule has 3 rings (SSSR count). The Labute approximate surface area is 145 Å². The van der Waals surface area contributed by atoms with Gasteiger partial charge in [-0.3, -0.25) is 9.59 Å². The third-order valence-corrected chi connectivity index (χ3v) is 4.19. The number of hydrogen-bond donors (Lipinski definition) is 1. The van der Waals surface area contributed by atoms with Crippen molar-refractivity contribution < 1.29 is 23.8 Å². The number of carboxylic acids is 1. The van der Waals surface area contributed by atoms with Crippen LogP contribution in [0.1, 0.15) is 17.9 Å². The summed E-state index contributed by atoms with van der Waals surface area (Å²) in [5.74, 6) is -0.0388. The van der Waals surface area contributed by atoms with Crippen molar-refractivity contribution in [1.29, 1.82) is 0 Å². The van der Waals surface area contributed by atoms with Crippen LogP contribution in [0.15, 0.2) is 34.7 Å². The summed E-state index contributed by atoms with van der Waals surface area (Å²) in [4.78, 5) is 29.7. The van der Waals surface area contributed by atoms with Gasteiger partial charge in [0.05, 0.1) is 37.8 Å². The van der Waals surface area contributed by atoms with Gasteiger partial charge in [-0.25, -0.2) is 4.98 Å². The maximum atomic E-state index is 12.7. The van der Waals surface area contributed by atoms with Gasteiger partial charge < -0.3 is 19.2 Å². The number of carboxylic acid groups (broad SMARTS) is 1. The van der Waals surface area contributed by atoms with Crippen molar-refractivity contribution in [3.63, 3.8) is 0 Å². The summed E-state index contributed by atoms with van der Waals surface area (Å²) in [5, 5.41) is 9.01. The molecule has 0 saturated carbocycles. The highest BCUT2D eigenvalue weighted by molar-refractivity contribution is 5.80. The molecule has 2 aromatic rings. The van der Waals surface area contributed by atoms with Gasteiger partial charge in [-0.1, -0.05) is 18.2 Å². The van der Waals surface area contributed by atoms with Crippen LogP contribution in [0.2, 0.25) is 0 Å². The number of nitrogens with zero attached hydrogens (tertiary/aromatic N) is 2. The number of morpholine rings is 1. The fourth-order valence-electron chi connectivity index (χ4n) is 2.89. The van der Waals surface area contributed by atoms with Gasteiger partial charge >= 0.3 is 5.97 Å². The van der Waals surface area contributed by atoms with Crippen LogP contribution in [0.25, 0.3) is 11.5 Å². The molecule has 1 atom stereocenters. The van der Waals surface area contributed by atoms with E-state index >= 15 is 0 Å². The molecule has 2 heterocycles. The second kappa shape index (κ2) is 7.48. The zero-order valence-electron chi connectivity index (χ0n) is 14.0. The summed E-state index contributed by atoms with van der Waals surface area (Å²) < 4.78 is 11.0. The first-order valence-electron chi connectivity index (χ1n) is 8.15. The molecular formula is C18H20N2O5. The van der Waals surface area contributed by atoms with Crippen LogP contribution in [-0.4, -0.2) is 52.7 Å². The van der Waals surface area contributed by atoms with Crippen molar-refractivity contribution in [3.05, 3.63) is 41.8 Å². The Morgan fingerprint density at radius 2 is 2.08 bits per heavy atom. The summed E-state index contributed by atoms with van der Waals surface area (Å²) in [7, 11) is 0. The fraction of sp³-hybridized carbons (Fsp3) is 0.389. The molecule has 0 radical (unpaired) electrons. The smallest absolute Gasteiger partial charge is 0.305 e.